The molecule has 7 heteroatoms. The Bertz CT molecular complexity index is 636. The van der Waals surface area contributed by atoms with Crippen LogP contribution in [0.1, 0.15) is 45.1 Å². The van der Waals surface area contributed by atoms with E-state index < -0.39 is 0 Å². The molecular weight excluding hydrogens is 356 g/mol. The van der Waals surface area contributed by atoms with Crippen molar-refractivity contribution in [3.8, 4) is 11.5 Å². The molecule has 0 bridgehead atoms. The van der Waals surface area contributed by atoms with Gasteiger partial charge in [0, 0.05) is 11.6 Å². The van der Waals surface area contributed by atoms with Crippen LogP contribution in [-0.4, -0.2) is 38.5 Å². The Morgan fingerprint density at radius 3 is 2.85 bits per heavy atom. The Kier molecular flexibility index (Phi) is 8.04. The number of carbonyl (C=O) groups is 1. The number of rotatable bonds is 8. The van der Waals surface area contributed by atoms with Crippen molar-refractivity contribution in [3.63, 3.8) is 0 Å². The number of hydrogen-bond donors (Lipinski definition) is 1. The third-order valence-electron chi connectivity index (χ3n) is 4.47. The molecule has 2 atom stereocenters. The lowest BCUT2D eigenvalue weighted by atomic mass is 9.86. The van der Waals surface area contributed by atoms with Crippen LogP contribution >= 0.6 is 11.6 Å². The Balaban J connectivity index is 1.86. The number of carbonyl (C=O) groups excluding carboxylic acids is 1. The minimum atomic E-state index is -0.150. The Morgan fingerprint density at radius 2 is 2.15 bits per heavy atom. The smallest absolute Gasteiger partial charge is 0.261 e. The summed E-state index contributed by atoms with van der Waals surface area (Å²) in [7, 11) is 1.54. The first kappa shape index (κ1) is 20.4. The zero-order valence-electron chi connectivity index (χ0n) is 15.6. The average molecular weight is 383 g/mol. The molecular formula is C19H27ClN2O4. The van der Waals surface area contributed by atoms with Crippen molar-refractivity contribution in [2.45, 2.75) is 45.6 Å². The molecule has 0 aliphatic heterocycles. The summed E-state index contributed by atoms with van der Waals surface area (Å²) in [5, 5.41) is 7.29. The third kappa shape index (κ3) is 5.80. The maximum Gasteiger partial charge on any atom is 0.261 e. The van der Waals surface area contributed by atoms with E-state index in [-0.39, 0.29) is 18.6 Å². The van der Waals surface area contributed by atoms with Gasteiger partial charge in [-0.25, -0.2) is 0 Å². The second-order valence-electron chi connectivity index (χ2n) is 6.41. The minimum absolute atomic E-state index is 0.110. The largest absolute Gasteiger partial charge is 0.493 e. The first-order valence-electron chi connectivity index (χ1n) is 9.00. The molecule has 1 aromatic rings. The summed E-state index contributed by atoms with van der Waals surface area (Å²) in [5.41, 5.74) is 0.691. The SMILES string of the molecule is CCOc1c(Cl)cc(/C=N\OCC(=O)N[C@H]2CCCC[C@H]2C)cc1OC. The van der Waals surface area contributed by atoms with E-state index in [4.69, 9.17) is 25.9 Å². The second-order valence-corrected chi connectivity index (χ2v) is 6.82. The Morgan fingerprint density at radius 1 is 1.38 bits per heavy atom. The van der Waals surface area contributed by atoms with E-state index in [0.29, 0.717) is 34.6 Å². The zero-order chi connectivity index (χ0) is 18.9. The first-order valence-corrected chi connectivity index (χ1v) is 9.38. The Hall–Kier alpha value is -1.95. The van der Waals surface area contributed by atoms with Crippen molar-refractivity contribution in [2.75, 3.05) is 20.3 Å². The van der Waals surface area contributed by atoms with Crippen molar-refractivity contribution in [3.05, 3.63) is 22.7 Å². The predicted molar refractivity (Wildman–Crippen MR) is 102 cm³/mol. The van der Waals surface area contributed by atoms with Gasteiger partial charge >= 0.3 is 0 Å². The van der Waals surface area contributed by atoms with Crippen LogP contribution in [-0.2, 0) is 9.63 Å². The molecule has 0 saturated heterocycles. The van der Waals surface area contributed by atoms with Gasteiger partial charge in [-0.3, -0.25) is 4.79 Å². The lowest BCUT2D eigenvalue weighted by Crippen LogP contribution is -2.42. The van der Waals surface area contributed by atoms with Gasteiger partial charge in [-0.15, -0.1) is 0 Å². The van der Waals surface area contributed by atoms with Crippen LogP contribution in [0.4, 0.5) is 0 Å². The van der Waals surface area contributed by atoms with Gasteiger partial charge in [0.05, 0.1) is 25.0 Å². The number of nitrogens with one attached hydrogen (secondary N) is 1. The van der Waals surface area contributed by atoms with Crippen molar-refractivity contribution in [1.82, 2.24) is 5.32 Å². The van der Waals surface area contributed by atoms with Crippen molar-refractivity contribution in [1.29, 1.82) is 0 Å². The van der Waals surface area contributed by atoms with Crippen LogP contribution in [0.3, 0.4) is 0 Å². The second kappa shape index (κ2) is 10.3. The fraction of sp³-hybridized carbons (Fsp3) is 0.579. The van der Waals surface area contributed by atoms with Crippen molar-refractivity contribution >= 4 is 23.7 Å². The quantitative estimate of drug-likeness (QED) is 0.548. The topological polar surface area (TPSA) is 69.2 Å². The molecule has 2 rings (SSSR count). The van der Waals surface area contributed by atoms with Gasteiger partial charge in [0.25, 0.3) is 5.91 Å². The molecule has 0 spiro atoms. The fourth-order valence-electron chi connectivity index (χ4n) is 3.07. The van der Waals surface area contributed by atoms with E-state index >= 15 is 0 Å². The average Bonchev–Trinajstić information content (AvgIpc) is 2.62. The van der Waals surface area contributed by atoms with E-state index in [1.54, 1.807) is 19.2 Å². The number of halogens is 1. The number of benzene rings is 1. The van der Waals surface area contributed by atoms with E-state index in [1.807, 2.05) is 6.92 Å². The van der Waals surface area contributed by atoms with Crippen LogP contribution in [0, 0.1) is 5.92 Å². The summed E-state index contributed by atoms with van der Waals surface area (Å²) < 4.78 is 10.7. The number of oxime groups is 1. The van der Waals surface area contributed by atoms with E-state index in [0.717, 1.165) is 19.3 Å². The highest BCUT2D eigenvalue weighted by Crippen LogP contribution is 2.36. The van der Waals surface area contributed by atoms with Gasteiger partial charge in [0.1, 0.15) is 0 Å². The molecule has 1 aliphatic carbocycles. The summed E-state index contributed by atoms with van der Waals surface area (Å²) in [4.78, 5) is 17.1. The van der Waals surface area contributed by atoms with E-state index in [9.17, 15) is 4.79 Å². The van der Waals surface area contributed by atoms with Crippen LogP contribution < -0.4 is 14.8 Å². The van der Waals surface area contributed by atoms with Crippen molar-refractivity contribution < 1.29 is 19.1 Å². The lowest BCUT2D eigenvalue weighted by molar-refractivity contribution is -0.126. The molecule has 6 nitrogen and oxygen atoms in total. The van der Waals surface area contributed by atoms with Crippen molar-refractivity contribution in [2.24, 2.45) is 11.1 Å². The van der Waals surface area contributed by atoms with Gasteiger partial charge in [0.15, 0.2) is 18.1 Å². The number of hydrogen-bond acceptors (Lipinski definition) is 5. The van der Waals surface area contributed by atoms with Gasteiger partial charge in [0.2, 0.25) is 0 Å². The molecule has 1 N–H and O–H groups in total. The van der Waals surface area contributed by atoms with E-state index in [2.05, 4.69) is 17.4 Å². The monoisotopic (exact) mass is 382 g/mol. The zero-order valence-corrected chi connectivity index (χ0v) is 16.3. The molecule has 1 amide bonds. The van der Waals surface area contributed by atoms with Crippen LogP contribution in [0.5, 0.6) is 11.5 Å². The minimum Gasteiger partial charge on any atom is -0.493 e. The molecule has 1 saturated carbocycles. The highest BCUT2D eigenvalue weighted by molar-refractivity contribution is 6.32. The van der Waals surface area contributed by atoms with Crippen LogP contribution in [0.15, 0.2) is 17.3 Å². The van der Waals surface area contributed by atoms with Gasteiger partial charge in [-0.1, -0.05) is 36.5 Å². The molecule has 144 valence electrons. The fourth-order valence-corrected chi connectivity index (χ4v) is 3.35. The maximum absolute atomic E-state index is 12.0. The summed E-state index contributed by atoms with van der Waals surface area (Å²) in [6, 6.07) is 3.68. The standard InChI is InChI=1S/C19H27ClN2O4/c1-4-25-19-15(20)9-14(10-17(19)24-3)11-21-26-12-18(23)22-16-8-6-5-7-13(16)2/h9-11,13,16H,4-8,12H2,1-3H3,(H,22,23)/b21-11-/t13-,16+/m1/s1. The molecule has 1 fully saturated rings. The number of ether oxygens (including phenoxy) is 2. The molecule has 1 aliphatic rings. The Labute approximate surface area is 159 Å². The first-order chi connectivity index (χ1) is 12.5. The molecule has 0 aromatic heterocycles. The van der Waals surface area contributed by atoms with Crippen LogP contribution in [0.25, 0.3) is 0 Å². The lowest BCUT2D eigenvalue weighted by Gasteiger charge is -2.29. The van der Waals surface area contributed by atoms with Gasteiger partial charge in [-0.2, -0.15) is 0 Å². The third-order valence-corrected chi connectivity index (χ3v) is 4.75. The highest BCUT2D eigenvalue weighted by Gasteiger charge is 2.22. The number of amides is 1. The molecule has 0 heterocycles. The normalized spacial score (nSPS) is 20.0. The number of nitrogens with zero attached hydrogens (tertiary/aromatic N) is 1. The summed E-state index contributed by atoms with van der Waals surface area (Å²) >= 11 is 6.21. The highest BCUT2D eigenvalue weighted by atomic mass is 35.5. The predicted octanol–water partition coefficient (Wildman–Crippen LogP) is 3.79. The molecule has 0 radical (unpaired) electrons. The summed E-state index contributed by atoms with van der Waals surface area (Å²) in [5.74, 6) is 1.37. The molecule has 1 aromatic carbocycles. The van der Waals surface area contributed by atoms with Gasteiger partial charge < -0.3 is 19.6 Å². The van der Waals surface area contributed by atoms with E-state index in [1.165, 1.54) is 12.6 Å². The summed E-state index contributed by atoms with van der Waals surface area (Å²) in [6.07, 6.45) is 6.07. The molecule has 26 heavy (non-hydrogen) atoms. The number of methoxy groups -OCH3 is 1. The summed E-state index contributed by atoms with van der Waals surface area (Å²) in [6.45, 7) is 4.42. The van der Waals surface area contributed by atoms with Gasteiger partial charge in [-0.05, 0) is 37.8 Å². The van der Waals surface area contributed by atoms with Crippen LogP contribution in [0.2, 0.25) is 5.02 Å². The molecule has 0 unspecified atom stereocenters. The maximum atomic E-state index is 12.0.